The highest BCUT2D eigenvalue weighted by Gasteiger charge is 2.30. The number of hydrogen-bond acceptors (Lipinski definition) is 3. The van der Waals surface area contributed by atoms with E-state index < -0.39 is 29.5 Å². The third-order valence-electron chi connectivity index (χ3n) is 4.86. The topological polar surface area (TPSA) is 73.2 Å². The monoisotopic (exact) mass is 417 g/mol. The van der Waals surface area contributed by atoms with Crippen molar-refractivity contribution >= 4 is 23.4 Å². The standard InChI is InChI=1S/C21H18ClF2N3O2/c22-15-5-3-13(4-6-15)21(29)27-9-1-2-14(12-27)20(28)26-19(11-25)17-8-7-16(23)10-18(17)24/h3-8,10,14,19H,1-2,9,12H2,(H,26,28). The van der Waals surface area contributed by atoms with Crippen molar-refractivity contribution in [2.45, 2.75) is 18.9 Å². The first kappa shape index (κ1) is 20.7. The van der Waals surface area contributed by atoms with E-state index in [4.69, 9.17) is 11.6 Å². The number of halogens is 3. The molecule has 1 fully saturated rings. The predicted octanol–water partition coefficient (Wildman–Crippen LogP) is 3.85. The highest BCUT2D eigenvalue weighted by Crippen LogP contribution is 2.22. The average molecular weight is 418 g/mol. The molecule has 1 aliphatic rings. The van der Waals surface area contributed by atoms with Gasteiger partial charge in [-0.25, -0.2) is 8.78 Å². The van der Waals surface area contributed by atoms with Crippen LogP contribution in [0.2, 0.25) is 5.02 Å². The van der Waals surface area contributed by atoms with E-state index in [-0.39, 0.29) is 18.0 Å². The summed E-state index contributed by atoms with van der Waals surface area (Å²) in [5.74, 6) is -2.85. The van der Waals surface area contributed by atoms with E-state index in [9.17, 15) is 23.6 Å². The van der Waals surface area contributed by atoms with Gasteiger partial charge in [0.15, 0.2) is 0 Å². The van der Waals surface area contributed by atoms with Crippen molar-refractivity contribution in [3.63, 3.8) is 0 Å². The van der Waals surface area contributed by atoms with E-state index in [0.29, 0.717) is 36.0 Å². The number of carbonyl (C=O) groups excluding carboxylic acids is 2. The highest BCUT2D eigenvalue weighted by molar-refractivity contribution is 6.30. The Morgan fingerprint density at radius 3 is 2.59 bits per heavy atom. The van der Waals surface area contributed by atoms with Crippen LogP contribution in [0.3, 0.4) is 0 Å². The summed E-state index contributed by atoms with van der Waals surface area (Å²) in [4.78, 5) is 26.9. The van der Waals surface area contributed by atoms with E-state index in [0.717, 1.165) is 12.1 Å². The number of amides is 2. The predicted molar refractivity (Wildman–Crippen MR) is 103 cm³/mol. The van der Waals surface area contributed by atoms with E-state index >= 15 is 0 Å². The van der Waals surface area contributed by atoms with Crippen molar-refractivity contribution in [2.75, 3.05) is 13.1 Å². The number of piperidine rings is 1. The van der Waals surface area contributed by atoms with Crippen molar-refractivity contribution in [2.24, 2.45) is 5.92 Å². The van der Waals surface area contributed by atoms with Crippen molar-refractivity contribution in [3.8, 4) is 6.07 Å². The Balaban J connectivity index is 1.68. The normalized spacial score (nSPS) is 17.3. The molecule has 1 saturated heterocycles. The number of benzene rings is 2. The van der Waals surface area contributed by atoms with Crippen molar-refractivity contribution < 1.29 is 18.4 Å². The molecule has 8 heteroatoms. The van der Waals surface area contributed by atoms with Crippen LogP contribution in [0.1, 0.15) is 34.8 Å². The van der Waals surface area contributed by atoms with Gasteiger partial charge in [-0.2, -0.15) is 5.26 Å². The SMILES string of the molecule is N#CC(NC(=O)C1CCCN(C(=O)c2ccc(Cl)cc2)C1)c1ccc(F)cc1F. The third kappa shape index (κ3) is 4.90. The van der Waals surface area contributed by atoms with Gasteiger partial charge in [-0.15, -0.1) is 0 Å². The number of likely N-dealkylation sites (tertiary alicyclic amines) is 1. The van der Waals surface area contributed by atoms with E-state index in [1.807, 2.05) is 6.07 Å². The Bertz CT molecular complexity index is 959. The third-order valence-corrected chi connectivity index (χ3v) is 5.11. The first-order valence-corrected chi connectivity index (χ1v) is 9.46. The molecule has 29 heavy (non-hydrogen) atoms. The van der Waals surface area contributed by atoms with Crippen LogP contribution in [0.4, 0.5) is 8.78 Å². The molecule has 0 aliphatic carbocycles. The molecule has 1 aliphatic heterocycles. The number of hydrogen-bond donors (Lipinski definition) is 1. The minimum absolute atomic E-state index is 0.104. The Labute approximate surface area is 171 Å². The minimum atomic E-state index is -1.24. The Hall–Kier alpha value is -2.98. The van der Waals surface area contributed by atoms with Crippen LogP contribution >= 0.6 is 11.6 Å². The zero-order valence-electron chi connectivity index (χ0n) is 15.4. The fraction of sp³-hybridized carbons (Fsp3) is 0.286. The molecule has 2 amide bonds. The molecule has 150 valence electrons. The summed E-state index contributed by atoms with van der Waals surface area (Å²) in [5.41, 5.74) is 0.367. The van der Waals surface area contributed by atoms with Crippen molar-refractivity contribution in [3.05, 3.63) is 70.2 Å². The van der Waals surface area contributed by atoms with Crippen molar-refractivity contribution in [1.82, 2.24) is 10.2 Å². The maximum atomic E-state index is 14.0. The molecule has 0 spiro atoms. The molecule has 3 rings (SSSR count). The second-order valence-electron chi connectivity index (χ2n) is 6.83. The molecular weight excluding hydrogens is 400 g/mol. The number of nitrogens with zero attached hydrogens (tertiary/aromatic N) is 2. The fourth-order valence-corrected chi connectivity index (χ4v) is 3.45. The maximum absolute atomic E-state index is 14.0. The van der Waals surface area contributed by atoms with Crippen LogP contribution in [0, 0.1) is 28.9 Å². The summed E-state index contributed by atoms with van der Waals surface area (Å²) >= 11 is 5.85. The quantitative estimate of drug-likeness (QED) is 0.821. The summed E-state index contributed by atoms with van der Waals surface area (Å²) in [5, 5.41) is 12.4. The van der Waals surface area contributed by atoms with Crippen LogP contribution < -0.4 is 5.32 Å². The Kier molecular flexibility index (Phi) is 6.45. The molecule has 2 aromatic carbocycles. The summed E-state index contributed by atoms with van der Waals surface area (Å²) in [6, 6.07) is 9.90. The van der Waals surface area contributed by atoms with Gasteiger partial charge in [0, 0.05) is 35.3 Å². The van der Waals surface area contributed by atoms with E-state index in [1.54, 1.807) is 29.2 Å². The number of nitriles is 1. The lowest BCUT2D eigenvalue weighted by atomic mass is 9.95. The highest BCUT2D eigenvalue weighted by atomic mass is 35.5. The molecule has 0 bridgehead atoms. The second-order valence-corrected chi connectivity index (χ2v) is 7.27. The first-order valence-electron chi connectivity index (χ1n) is 9.09. The molecule has 5 nitrogen and oxygen atoms in total. The molecule has 1 heterocycles. The fourth-order valence-electron chi connectivity index (χ4n) is 3.33. The summed E-state index contributed by atoms with van der Waals surface area (Å²) in [6.07, 6.45) is 1.17. The largest absolute Gasteiger partial charge is 0.338 e. The lowest BCUT2D eigenvalue weighted by Crippen LogP contribution is -2.46. The van der Waals surface area contributed by atoms with Crippen LogP contribution in [0.15, 0.2) is 42.5 Å². The molecule has 2 aromatic rings. The lowest BCUT2D eigenvalue weighted by Gasteiger charge is -2.32. The lowest BCUT2D eigenvalue weighted by molar-refractivity contribution is -0.126. The van der Waals surface area contributed by atoms with Crippen molar-refractivity contribution in [1.29, 1.82) is 5.26 Å². The maximum Gasteiger partial charge on any atom is 0.253 e. The van der Waals surface area contributed by atoms with Gasteiger partial charge in [-0.05, 0) is 43.2 Å². The van der Waals surface area contributed by atoms with Gasteiger partial charge in [0.25, 0.3) is 5.91 Å². The molecule has 1 N–H and O–H groups in total. The van der Waals surface area contributed by atoms with Gasteiger partial charge >= 0.3 is 0 Å². The zero-order chi connectivity index (χ0) is 21.0. The molecule has 0 aromatic heterocycles. The van der Waals surface area contributed by atoms with Gasteiger partial charge in [0.1, 0.15) is 17.7 Å². The van der Waals surface area contributed by atoms with Crippen LogP contribution in [-0.2, 0) is 4.79 Å². The first-order chi connectivity index (χ1) is 13.9. The van der Waals surface area contributed by atoms with Crippen LogP contribution in [-0.4, -0.2) is 29.8 Å². The average Bonchev–Trinajstić information content (AvgIpc) is 2.72. The molecule has 2 unspecified atom stereocenters. The summed E-state index contributed by atoms with van der Waals surface area (Å²) in [7, 11) is 0. The van der Waals surface area contributed by atoms with E-state index in [2.05, 4.69) is 5.32 Å². The van der Waals surface area contributed by atoms with Crippen LogP contribution in [0.25, 0.3) is 0 Å². The number of carbonyl (C=O) groups is 2. The zero-order valence-corrected chi connectivity index (χ0v) is 16.1. The smallest absolute Gasteiger partial charge is 0.253 e. The molecule has 0 saturated carbocycles. The minimum Gasteiger partial charge on any atom is -0.338 e. The molecular formula is C21H18ClF2N3O2. The van der Waals surface area contributed by atoms with Gasteiger partial charge < -0.3 is 10.2 Å². The summed E-state index contributed by atoms with van der Waals surface area (Å²) < 4.78 is 27.1. The number of rotatable bonds is 4. The van der Waals surface area contributed by atoms with Gasteiger partial charge in [0.05, 0.1) is 12.0 Å². The molecule has 2 atom stereocenters. The molecule has 0 radical (unpaired) electrons. The van der Waals surface area contributed by atoms with Crippen LogP contribution in [0.5, 0.6) is 0 Å². The Morgan fingerprint density at radius 2 is 1.93 bits per heavy atom. The number of nitrogens with one attached hydrogen (secondary N) is 1. The second kappa shape index (κ2) is 9.01. The Morgan fingerprint density at radius 1 is 1.21 bits per heavy atom. The summed E-state index contributed by atoms with van der Waals surface area (Å²) in [6.45, 7) is 0.705. The van der Waals surface area contributed by atoms with E-state index in [1.165, 1.54) is 0 Å². The van der Waals surface area contributed by atoms with Gasteiger partial charge in [-0.3, -0.25) is 9.59 Å². The van der Waals surface area contributed by atoms with Gasteiger partial charge in [0.2, 0.25) is 5.91 Å². The van der Waals surface area contributed by atoms with Gasteiger partial charge in [-0.1, -0.05) is 17.7 Å².